The molecule has 0 heterocycles. The monoisotopic (exact) mass is 374 g/mol. The van der Waals surface area contributed by atoms with E-state index < -0.39 is 6.11 Å². The van der Waals surface area contributed by atoms with Crippen LogP contribution in [0.2, 0.25) is 0 Å². The molecule has 3 heteroatoms. The quantitative estimate of drug-likeness (QED) is 0.515. The first-order chi connectivity index (χ1) is 13.0. The second-order valence-electron chi connectivity index (χ2n) is 7.30. The number of hydrogen-bond donors (Lipinski definition) is 0. The molecular formula is C24H32F2O. The lowest BCUT2D eigenvalue weighted by Crippen LogP contribution is -2.21. The summed E-state index contributed by atoms with van der Waals surface area (Å²) >= 11 is 0. The summed E-state index contributed by atoms with van der Waals surface area (Å²) in [4.78, 5) is 0. The first kappa shape index (κ1) is 21.4. The Morgan fingerprint density at radius 1 is 0.852 bits per heavy atom. The van der Waals surface area contributed by atoms with Crippen LogP contribution in [0.4, 0.5) is 8.78 Å². The molecule has 0 amide bonds. The van der Waals surface area contributed by atoms with E-state index in [1.165, 1.54) is 49.8 Å². The first-order valence-corrected chi connectivity index (χ1v) is 10.2. The summed E-state index contributed by atoms with van der Waals surface area (Å²) in [5.41, 5.74) is 2.15. The van der Waals surface area contributed by atoms with Crippen molar-refractivity contribution in [3.05, 3.63) is 65.2 Å². The zero-order chi connectivity index (χ0) is 19.9. The third-order valence-electron chi connectivity index (χ3n) is 5.12. The molecule has 2 aromatic carbocycles. The molecule has 1 aliphatic carbocycles. The predicted molar refractivity (Wildman–Crippen MR) is 109 cm³/mol. The molecule has 1 nitrogen and oxygen atoms in total. The lowest BCUT2D eigenvalue weighted by Gasteiger charge is -2.23. The number of benzene rings is 2. The molecule has 3 rings (SSSR count). The van der Waals surface area contributed by atoms with Crippen LogP contribution in [0.3, 0.4) is 0 Å². The Morgan fingerprint density at radius 3 is 1.93 bits per heavy atom. The second kappa shape index (κ2) is 9.87. The maximum absolute atomic E-state index is 14.4. The normalized spacial score (nSPS) is 15.2. The van der Waals surface area contributed by atoms with E-state index >= 15 is 0 Å². The van der Waals surface area contributed by atoms with E-state index in [1.807, 2.05) is 39.8 Å². The molecule has 2 aromatic rings. The van der Waals surface area contributed by atoms with Gasteiger partial charge < -0.3 is 4.74 Å². The van der Waals surface area contributed by atoms with E-state index in [4.69, 9.17) is 4.74 Å². The number of rotatable bonds is 5. The van der Waals surface area contributed by atoms with Crippen LogP contribution >= 0.6 is 0 Å². The molecule has 1 fully saturated rings. The van der Waals surface area contributed by atoms with E-state index in [1.54, 1.807) is 24.3 Å². The van der Waals surface area contributed by atoms with Crippen molar-refractivity contribution >= 4 is 0 Å². The topological polar surface area (TPSA) is 9.23 Å². The number of alkyl halides is 2. The van der Waals surface area contributed by atoms with Crippen molar-refractivity contribution in [3.8, 4) is 5.75 Å². The van der Waals surface area contributed by atoms with Gasteiger partial charge in [-0.2, -0.15) is 8.78 Å². The van der Waals surface area contributed by atoms with Gasteiger partial charge in [0.05, 0.1) is 5.56 Å². The van der Waals surface area contributed by atoms with Crippen molar-refractivity contribution in [2.45, 2.75) is 77.7 Å². The molecule has 0 radical (unpaired) electrons. The van der Waals surface area contributed by atoms with Gasteiger partial charge in [0.1, 0.15) is 5.75 Å². The summed E-state index contributed by atoms with van der Waals surface area (Å²) in [6.07, 6.45) is 2.87. The van der Waals surface area contributed by atoms with Crippen molar-refractivity contribution in [3.63, 3.8) is 0 Å². The Bertz CT molecular complexity index is 669. The number of halogens is 2. The zero-order valence-corrected chi connectivity index (χ0v) is 17.0. The van der Waals surface area contributed by atoms with Gasteiger partial charge in [0.25, 0.3) is 0 Å². The van der Waals surface area contributed by atoms with Gasteiger partial charge in [0, 0.05) is 0 Å². The van der Waals surface area contributed by atoms with Crippen LogP contribution in [0.15, 0.2) is 48.5 Å². The van der Waals surface area contributed by atoms with Crippen molar-refractivity contribution in [1.29, 1.82) is 0 Å². The lowest BCUT2D eigenvalue weighted by atomic mass is 9.84. The Labute approximate surface area is 162 Å². The Balaban J connectivity index is 0.00000126. The molecule has 0 saturated heterocycles. The van der Waals surface area contributed by atoms with Gasteiger partial charge in [-0.05, 0) is 60.1 Å². The summed E-state index contributed by atoms with van der Waals surface area (Å²) in [6.45, 7) is 8.08. The first-order valence-electron chi connectivity index (χ1n) is 10.2. The van der Waals surface area contributed by atoms with E-state index in [2.05, 4.69) is 0 Å². The molecule has 0 unspecified atom stereocenters. The Hall–Kier alpha value is -1.90. The Kier molecular flexibility index (Phi) is 7.82. The van der Waals surface area contributed by atoms with Crippen molar-refractivity contribution < 1.29 is 13.5 Å². The summed E-state index contributed by atoms with van der Waals surface area (Å²) in [6, 6.07) is 13.6. The van der Waals surface area contributed by atoms with Crippen LogP contribution in [0, 0.1) is 0 Å². The highest BCUT2D eigenvalue weighted by Gasteiger charge is 2.34. The summed E-state index contributed by atoms with van der Waals surface area (Å²) < 4.78 is 33.8. The van der Waals surface area contributed by atoms with Crippen molar-refractivity contribution in [1.82, 2.24) is 0 Å². The molecule has 148 valence electrons. The zero-order valence-electron chi connectivity index (χ0n) is 17.0. The summed E-state index contributed by atoms with van der Waals surface area (Å²) in [5, 5.41) is 0. The highest BCUT2D eigenvalue weighted by molar-refractivity contribution is 5.32. The molecular weight excluding hydrogens is 342 g/mol. The molecule has 1 aliphatic rings. The highest BCUT2D eigenvalue weighted by Crippen LogP contribution is 2.35. The summed E-state index contributed by atoms with van der Waals surface area (Å²) in [5.74, 6) is 1.08. The van der Waals surface area contributed by atoms with Gasteiger partial charge in [-0.15, -0.1) is 0 Å². The molecule has 0 atom stereocenters. The molecule has 0 spiro atoms. The minimum atomic E-state index is -3.33. The van der Waals surface area contributed by atoms with Crippen LogP contribution in [0.25, 0.3) is 0 Å². The van der Waals surface area contributed by atoms with Gasteiger partial charge in [0.2, 0.25) is 0 Å². The number of ether oxygens (including phenoxy) is 1. The minimum absolute atomic E-state index is 0.117. The maximum Gasteiger partial charge on any atom is 0.426 e. The molecule has 0 bridgehead atoms. The van der Waals surface area contributed by atoms with Crippen LogP contribution in [-0.4, -0.2) is 0 Å². The second-order valence-corrected chi connectivity index (χ2v) is 7.30. The average Bonchev–Trinajstić information content (AvgIpc) is 2.70. The smallest absolute Gasteiger partial charge is 0.426 e. The molecule has 27 heavy (non-hydrogen) atoms. The van der Waals surface area contributed by atoms with Gasteiger partial charge >= 0.3 is 6.11 Å². The summed E-state index contributed by atoms with van der Waals surface area (Å²) in [7, 11) is 0. The molecule has 0 N–H and O–H groups in total. The van der Waals surface area contributed by atoms with Gasteiger partial charge in [-0.1, -0.05) is 71.2 Å². The van der Waals surface area contributed by atoms with Crippen molar-refractivity contribution in [2.75, 3.05) is 0 Å². The molecule has 1 saturated carbocycles. The van der Waals surface area contributed by atoms with Crippen LogP contribution in [-0.2, 0) is 6.11 Å². The van der Waals surface area contributed by atoms with Crippen LogP contribution in [0.5, 0.6) is 5.75 Å². The third kappa shape index (κ3) is 5.79. The fourth-order valence-electron chi connectivity index (χ4n) is 3.51. The molecule has 0 aliphatic heterocycles. The molecule has 0 aromatic heterocycles. The van der Waals surface area contributed by atoms with Crippen molar-refractivity contribution in [2.24, 2.45) is 0 Å². The standard InChI is InChI=1S/C22H26F2O.C2H6/c1-16(2)17-8-12-20(13-9-17)22(23,24)25-21-14-10-19(11-15-21)18-6-4-3-5-7-18;1-2/h8-16,18H,3-7H2,1-2H3;1-2H3. The highest BCUT2D eigenvalue weighted by atomic mass is 19.3. The third-order valence-corrected chi connectivity index (χ3v) is 5.12. The van der Waals surface area contributed by atoms with E-state index in [-0.39, 0.29) is 11.3 Å². The lowest BCUT2D eigenvalue weighted by molar-refractivity contribution is -0.185. The van der Waals surface area contributed by atoms with Gasteiger partial charge in [-0.25, -0.2) is 0 Å². The fraction of sp³-hybridized carbons (Fsp3) is 0.500. The fourth-order valence-corrected chi connectivity index (χ4v) is 3.51. The largest absolute Gasteiger partial charge is 0.429 e. The minimum Gasteiger partial charge on any atom is -0.429 e. The maximum atomic E-state index is 14.4. The number of hydrogen-bond acceptors (Lipinski definition) is 1. The van der Waals surface area contributed by atoms with E-state index in [9.17, 15) is 8.78 Å². The van der Waals surface area contributed by atoms with Gasteiger partial charge in [-0.3, -0.25) is 0 Å². The van der Waals surface area contributed by atoms with Gasteiger partial charge in [0.15, 0.2) is 0 Å². The van der Waals surface area contributed by atoms with Crippen LogP contribution < -0.4 is 4.74 Å². The van der Waals surface area contributed by atoms with E-state index in [0.29, 0.717) is 11.8 Å². The van der Waals surface area contributed by atoms with E-state index in [0.717, 1.165) is 5.56 Å². The van der Waals surface area contributed by atoms with Crippen LogP contribution in [0.1, 0.15) is 88.3 Å². The Morgan fingerprint density at radius 2 is 1.41 bits per heavy atom. The average molecular weight is 375 g/mol. The SMILES string of the molecule is CC.CC(C)c1ccc(C(F)(F)Oc2ccc(C3CCCCC3)cc2)cc1. The predicted octanol–water partition coefficient (Wildman–Crippen LogP) is 8.01.